The summed E-state index contributed by atoms with van der Waals surface area (Å²) >= 11 is 0. The molecular formula is C25H31F2N3O4S. The van der Waals surface area contributed by atoms with Crippen LogP contribution in [0.3, 0.4) is 0 Å². The summed E-state index contributed by atoms with van der Waals surface area (Å²) in [6, 6.07) is 11.6. The molecule has 4 rings (SSSR count). The first-order valence-electron chi connectivity index (χ1n) is 11.8. The number of piperazine rings is 1. The van der Waals surface area contributed by atoms with E-state index in [1.165, 1.54) is 4.31 Å². The van der Waals surface area contributed by atoms with Crippen LogP contribution in [0.2, 0.25) is 0 Å². The molecular weight excluding hydrogens is 476 g/mol. The minimum absolute atomic E-state index is 0.0124. The van der Waals surface area contributed by atoms with Gasteiger partial charge in [0.25, 0.3) is 0 Å². The third-order valence-corrected chi connectivity index (χ3v) is 8.69. The number of benzene rings is 2. The number of likely N-dealkylation sites (N-methyl/N-ethyl adjacent to an activating group) is 1. The quantitative estimate of drug-likeness (QED) is 0.577. The van der Waals surface area contributed by atoms with E-state index in [-0.39, 0.29) is 32.0 Å². The maximum atomic E-state index is 14.4. The molecule has 2 saturated heterocycles. The van der Waals surface area contributed by atoms with Crippen molar-refractivity contribution < 1.29 is 26.7 Å². The molecule has 1 amide bonds. The summed E-state index contributed by atoms with van der Waals surface area (Å²) < 4.78 is 61.7. The first-order chi connectivity index (χ1) is 16.7. The van der Waals surface area contributed by atoms with Gasteiger partial charge in [-0.15, -0.1) is 0 Å². The number of hydrogen-bond donors (Lipinski definition) is 0. The van der Waals surface area contributed by atoms with Crippen LogP contribution in [0.5, 0.6) is 5.75 Å². The highest BCUT2D eigenvalue weighted by molar-refractivity contribution is 7.89. The van der Waals surface area contributed by atoms with Crippen molar-refractivity contribution in [3.8, 4) is 5.75 Å². The zero-order chi connectivity index (χ0) is 25.1. The molecule has 0 N–H and O–H groups in total. The van der Waals surface area contributed by atoms with E-state index in [4.69, 9.17) is 4.74 Å². The zero-order valence-electron chi connectivity index (χ0n) is 19.8. The van der Waals surface area contributed by atoms with Crippen LogP contribution in [0.1, 0.15) is 19.3 Å². The molecule has 35 heavy (non-hydrogen) atoms. The van der Waals surface area contributed by atoms with Crippen molar-refractivity contribution in [2.75, 3.05) is 52.9 Å². The number of ether oxygens (including phenoxy) is 1. The van der Waals surface area contributed by atoms with Gasteiger partial charge in [-0.25, -0.2) is 17.2 Å². The number of rotatable bonds is 7. The molecule has 2 aromatic rings. The number of carbonyl (C=O) groups is 1. The van der Waals surface area contributed by atoms with Gasteiger partial charge in [0, 0.05) is 57.2 Å². The van der Waals surface area contributed by atoms with Gasteiger partial charge in [0.2, 0.25) is 15.9 Å². The summed E-state index contributed by atoms with van der Waals surface area (Å²) in [6.45, 7) is 3.15. The standard InChI is InChI=1S/C25H31F2N3O4S/c1-28-12-14-29(15-13-28)24(31)17-25(19-34-21-6-3-2-4-7-21)10-5-11-30(18-25)35(32,33)23-9-8-20(26)16-22(23)27/h2-4,6-9,16H,5,10-15,17-19H2,1H3/t25-/m0/s1. The Morgan fingerprint density at radius 3 is 2.43 bits per heavy atom. The predicted molar refractivity (Wildman–Crippen MR) is 127 cm³/mol. The predicted octanol–water partition coefficient (Wildman–Crippen LogP) is 2.98. The van der Waals surface area contributed by atoms with Gasteiger partial charge in [0.15, 0.2) is 0 Å². The number of nitrogens with zero attached hydrogens (tertiary/aromatic N) is 3. The van der Waals surface area contributed by atoms with Crippen LogP contribution in [-0.4, -0.2) is 81.4 Å². The minimum atomic E-state index is -4.23. The summed E-state index contributed by atoms with van der Waals surface area (Å²) in [5.74, 6) is -1.39. The number of halogens is 2. The average Bonchev–Trinajstić information content (AvgIpc) is 2.84. The van der Waals surface area contributed by atoms with Crippen molar-refractivity contribution >= 4 is 15.9 Å². The number of amides is 1. The lowest BCUT2D eigenvalue weighted by Crippen LogP contribution is -2.53. The SMILES string of the molecule is CN1CCN(C(=O)C[C@@]2(COc3ccccc3)CCCN(S(=O)(=O)c3ccc(F)cc3F)C2)CC1. The first-order valence-corrected chi connectivity index (χ1v) is 13.2. The Balaban J connectivity index is 1.58. The van der Waals surface area contributed by atoms with E-state index in [2.05, 4.69) is 4.90 Å². The number of para-hydroxylation sites is 1. The van der Waals surface area contributed by atoms with Gasteiger partial charge in [-0.2, -0.15) is 4.31 Å². The Labute approximate surface area is 205 Å². The highest BCUT2D eigenvalue weighted by Gasteiger charge is 2.43. The van der Waals surface area contributed by atoms with Crippen molar-refractivity contribution in [1.29, 1.82) is 0 Å². The van der Waals surface area contributed by atoms with Crippen LogP contribution in [0, 0.1) is 17.0 Å². The Hall–Kier alpha value is -2.56. The Kier molecular flexibility index (Phi) is 7.73. The molecule has 0 radical (unpaired) electrons. The van der Waals surface area contributed by atoms with E-state index in [1.54, 1.807) is 12.1 Å². The second-order valence-electron chi connectivity index (χ2n) is 9.48. The molecule has 0 saturated carbocycles. The van der Waals surface area contributed by atoms with Crippen molar-refractivity contribution in [1.82, 2.24) is 14.1 Å². The van der Waals surface area contributed by atoms with Crippen LogP contribution >= 0.6 is 0 Å². The molecule has 0 unspecified atom stereocenters. The molecule has 10 heteroatoms. The summed E-state index contributed by atoms with van der Waals surface area (Å²) in [5, 5.41) is 0. The molecule has 2 heterocycles. The van der Waals surface area contributed by atoms with E-state index in [9.17, 15) is 22.0 Å². The summed E-state index contributed by atoms with van der Waals surface area (Å²) in [4.78, 5) is 16.7. The first kappa shape index (κ1) is 25.5. The van der Waals surface area contributed by atoms with E-state index < -0.39 is 32.0 Å². The third-order valence-electron chi connectivity index (χ3n) is 6.81. The van der Waals surface area contributed by atoms with Gasteiger partial charge >= 0.3 is 0 Å². The fourth-order valence-electron chi connectivity index (χ4n) is 4.75. The topological polar surface area (TPSA) is 70.2 Å². The molecule has 1 atom stereocenters. The second kappa shape index (κ2) is 10.6. The van der Waals surface area contributed by atoms with Gasteiger partial charge in [0.05, 0.1) is 6.61 Å². The summed E-state index contributed by atoms with van der Waals surface area (Å²) in [7, 11) is -2.22. The number of hydrogen-bond acceptors (Lipinski definition) is 5. The number of piperidine rings is 1. The zero-order valence-corrected chi connectivity index (χ0v) is 20.6. The van der Waals surface area contributed by atoms with E-state index >= 15 is 0 Å². The van der Waals surface area contributed by atoms with Crippen molar-refractivity contribution in [2.45, 2.75) is 24.2 Å². The molecule has 0 bridgehead atoms. The molecule has 190 valence electrons. The van der Waals surface area contributed by atoms with Crippen molar-refractivity contribution in [2.24, 2.45) is 5.41 Å². The molecule has 2 fully saturated rings. The highest BCUT2D eigenvalue weighted by Crippen LogP contribution is 2.38. The Morgan fingerprint density at radius 1 is 1.03 bits per heavy atom. The van der Waals surface area contributed by atoms with Gasteiger partial charge < -0.3 is 14.5 Å². The average molecular weight is 508 g/mol. The molecule has 0 aliphatic carbocycles. The largest absolute Gasteiger partial charge is 0.493 e. The second-order valence-corrected chi connectivity index (χ2v) is 11.4. The number of sulfonamides is 1. The van der Waals surface area contributed by atoms with Gasteiger partial charge in [-0.1, -0.05) is 18.2 Å². The van der Waals surface area contributed by atoms with E-state index in [0.717, 1.165) is 25.2 Å². The maximum Gasteiger partial charge on any atom is 0.246 e. The fraction of sp³-hybridized carbons (Fsp3) is 0.480. The monoisotopic (exact) mass is 507 g/mol. The lowest BCUT2D eigenvalue weighted by molar-refractivity contribution is -0.136. The highest BCUT2D eigenvalue weighted by atomic mass is 32.2. The Morgan fingerprint density at radius 2 is 1.74 bits per heavy atom. The normalized spacial score (nSPS) is 22.2. The summed E-state index contributed by atoms with van der Waals surface area (Å²) in [5.41, 5.74) is -0.780. The molecule has 2 aliphatic heterocycles. The van der Waals surface area contributed by atoms with E-state index in [0.29, 0.717) is 37.7 Å². The molecule has 2 aliphatic rings. The molecule has 2 aromatic carbocycles. The van der Waals surface area contributed by atoms with Crippen LogP contribution in [0.4, 0.5) is 8.78 Å². The van der Waals surface area contributed by atoms with Crippen LogP contribution in [0.25, 0.3) is 0 Å². The van der Waals surface area contributed by atoms with Gasteiger partial charge in [0.1, 0.15) is 22.3 Å². The van der Waals surface area contributed by atoms with Gasteiger partial charge in [-0.05, 0) is 44.2 Å². The summed E-state index contributed by atoms with van der Waals surface area (Å²) in [6.07, 6.45) is 1.22. The molecule has 0 aromatic heterocycles. The van der Waals surface area contributed by atoms with Gasteiger partial charge in [-0.3, -0.25) is 4.79 Å². The minimum Gasteiger partial charge on any atom is -0.493 e. The third kappa shape index (κ3) is 5.99. The van der Waals surface area contributed by atoms with E-state index in [1.807, 2.05) is 30.1 Å². The lowest BCUT2D eigenvalue weighted by atomic mass is 9.78. The molecule has 0 spiro atoms. The Bertz CT molecular complexity index is 1140. The smallest absolute Gasteiger partial charge is 0.246 e. The fourth-order valence-corrected chi connectivity index (χ4v) is 6.38. The van der Waals surface area contributed by atoms with Crippen molar-refractivity contribution in [3.05, 3.63) is 60.2 Å². The van der Waals surface area contributed by atoms with Crippen LogP contribution in [-0.2, 0) is 14.8 Å². The number of carbonyl (C=O) groups excluding carboxylic acids is 1. The molecule has 7 nitrogen and oxygen atoms in total. The maximum absolute atomic E-state index is 14.4. The van der Waals surface area contributed by atoms with Crippen molar-refractivity contribution in [3.63, 3.8) is 0 Å². The van der Waals surface area contributed by atoms with Crippen LogP contribution < -0.4 is 4.74 Å². The van der Waals surface area contributed by atoms with Crippen LogP contribution in [0.15, 0.2) is 53.4 Å². The lowest BCUT2D eigenvalue weighted by Gasteiger charge is -2.43.